The second-order valence-corrected chi connectivity index (χ2v) is 5.74. The van der Waals surface area contributed by atoms with Gasteiger partial charge in [-0.15, -0.1) is 0 Å². The molecule has 1 unspecified atom stereocenters. The predicted molar refractivity (Wildman–Crippen MR) is 77.8 cm³/mol. The summed E-state index contributed by atoms with van der Waals surface area (Å²) >= 11 is 0. The zero-order chi connectivity index (χ0) is 14.7. The SMILES string of the molecule is Cc1cc(C(C#N)N(C)C2CCN(C)CC2)ccc1F. The Labute approximate surface area is 120 Å². The van der Waals surface area contributed by atoms with Crippen LogP contribution >= 0.6 is 0 Å². The Bertz CT molecular complexity index is 501. The number of hydrogen-bond acceptors (Lipinski definition) is 3. The Hall–Kier alpha value is -1.44. The molecule has 0 radical (unpaired) electrons. The Balaban J connectivity index is 2.15. The fourth-order valence-corrected chi connectivity index (χ4v) is 2.85. The molecule has 1 aromatic carbocycles. The molecule has 1 aromatic rings. The maximum Gasteiger partial charge on any atom is 0.126 e. The third kappa shape index (κ3) is 3.17. The van der Waals surface area contributed by atoms with Gasteiger partial charge in [0.2, 0.25) is 0 Å². The van der Waals surface area contributed by atoms with Crippen molar-refractivity contribution in [2.75, 3.05) is 27.2 Å². The second kappa shape index (κ2) is 6.34. The lowest BCUT2D eigenvalue weighted by molar-refractivity contribution is 0.126. The largest absolute Gasteiger partial charge is 0.306 e. The molecule has 1 atom stereocenters. The van der Waals surface area contributed by atoms with Crippen molar-refractivity contribution in [2.24, 2.45) is 0 Å². The standard InChI is InChI=1S/C16H22FN3/c1-12-10-13(4-5-15(12)17)16(11-18)20(3)14-6-8-19(2)9-7-14/h4-5,10,14,16H,6-9H2,1-3H3. The molecule has 3 nitrogen and oxygen atoms in total. The van der Waals surface area contributed by atoms with Crippen LogP contribution in [0.2, 0.25) is 0 Å². The summed E-state index contributed by atoms with van der Waals surface area (Å²) in [4.78, 5) is 4.45. The molecule has 1 heterocycles. The molecule has 0 spiro atoms. The van der Waals surface area contributed by atoms with Crippen molar-refractivity contribution >= 4 is 0 Å². The molecule has 108 valence electrons. The van der Waals surface area contributed by atoms with Gasteiger partial charge in [0, 0.05) is 6.04 Å². The number of benzene rings is 1. The van der Waals surface area contributed by atoms with Gasteiger partial charge in [0.15, 0.2) is 0 Å². The van der Waals surface area contributed by atoms with Gasteiger partial charge in [-0.2, -0.15) is 5.26 Å². The van der Waals surface area contributed by atoms with E-state index in [1.807, 2.05) is 7.05 Å². The van der Waals surface area contributed by atoms with E-state index in [0.717, 1.165) is 31.5 Å². The minimum absolute atomic E-state index is 0.215. The minimum Gasteiger partial charge on any atom is -0.306 e. The van der Waals surface area contributed by atoms with E-state index in [4.69, 9.17) is 0 Å². The van der Waals surface area contributed by atoms with Gasteiger partial charge in [-0.05, 0) is 64.1 Å². The molecule has 0 bridgehead atoms. The summed E-state index contributed by atoms with van der Waals surface area (Å²) < 4.78 is 13.4. The van der Waals surface area contributed by atoms with Crippen LogP contribution in [0.1, 0.15) is 30.0 Å². The van der Waals surface area contributed by atoms with Crippen LogP contribution in [0.4, 0.5) is 4.39 Å². The van der Waals surface area contributed by atoms with Gasteiger partial charge >= 0.3 is 0 Å². The van der Waals surface area contributed by atoms with Crippen LogP contribution in [0.15, 0.2) is 18.2 Å². The Kier molecular flexibility index (Phi) is 4.74. The van der Waals surface area contributed by atoms with Crippen LogP contribution in [-0.4, -0.2) is 43.0 Å². The average molecular weight is 275 g/mol. The summed E-state index contributed by atoms with van der Waals surface area (Å²) in [6.07, 6.45) is 2.15. The van der Waals surface area contributed by atoms with Crippen LogP contribution < -0.4 is 0 Å². The smallest absolute Gasteiger partial charge is 0.126 e. The van der Waals surface area contributed by atoms with Crippen LogP contribution in [0.25, 0.3) is 0 Å². The molecule has 1 aliphatic heterocycles. The average Bonchev–Trinajstić information content (AvgIpc) is 2.44. The first-order valence-corrected chi connectivity index (χ1v) is 7.09. The summed E-state index contributed by atoms with van der Waals surface area (Å²) in [7, 11) is 4.13. The summed E-state index contributed by atoms with van der Waals surface area (Å²) in [5, 5.41) is 9.50. The molecule has 1 fully saturated rings. The number of aryl methyl sites for hydroxylation is 1. The predicted octanol–water partition coefficient (Wildman–Crippen LogP) is 2.72. The molecule has 0 amide bonds. The van der Waals surface area contributed by atoms with Crippen LogP contribution in [-0.2, 0) is 0 Å². The third-order valence-corrected chi connectivity index (χ3v) is 4.29. The van der Waals surface area contributed by atoms with E-state index in [1.165, 1.54) is 6.07 Å². The molecule has 0 aliphatic carbocycles. The fourth-order valence-electron chi connectivity index (χ4n) is 2.85. The van der Waals surface area contributed by atoms with Gasteiger partial charge in [0.1, 0.15) is 11.9 Å². The summed E-state index contributed by atoms with van der Waals surface area (Å²) in [5.74, 6) is -0.215. The lowest BCUT2D eigenvalue weighted by Crippen LogP contribution is -2.43. The number of hydrogen-bond donors (Lipinski definition) is 0. The van der Waals surface area contributed by atoms with E-state index in [2.05, 4.69) is 22.9 Å². The fraction of sp³-hybridized carbons (Fsp3) is 0.562. The molecule has 0 saturated carbocycles. The van der Waals surface area contributed by atoms with Crippen molar-refractivity contribution in [3.05, 3.63) is 35.1 Å². The highest BCUT2D eigenvalue weighted by Crippen LogP contribution is 2.26. The summed E-state index contributed by atoms with van der Waals surface area (Å²) in [5.41, 5.74) is 1.48. The Morgan fingerprint density at radius 2 is 2.05 bits per heavy atom. The van der Waals surface area contributed by atoms with Crippen LogP contribution in [0.3, 0.4) is 0 Å². The van der Waals surface area contributed by atoms with Gasteiger partial charge in [-0.1, -0.05) is 12.1 Å². The highest BCUT2D eigenvalue weighted by Gasteiger charge is 2.27. The maximum atomic E-state index is 13.4. The van der Waals surface area contributed by atoms with Gasteiger partial charge in [-0.25, -0.2) is 4.39 Å². The van der Waals surface area contributed by atoms with Crippen molar-refractivity contribution in [3.8, 4) is 6.07 Å². The first-order chi connectivity index (χ1) is 9.52. The molecule has 2 rings (SSSR count). The molecule has 0 N–H and O–H groups in total. The van der Waals surface area contributed by atoms with E-state index < -0.39 is 0 Å². The van der Waals surface area contributed by atoms with E-state index in [0.29, 0.717) is 11.6 Å². The van der Waals surface area contributed by atoms with Gasteiger partial charge < -0.3 is 4.90 Å². The van der Waals surface area contributed by atoms with Crippen LogP contribution in [0.5, 0.6) is 0 Å². The lowest BCUT2D eigenvalue weighted by Gasteiger charge is -2.37. The molecule has 4 heteroatoms. The summed E-state index contributed by atoms with van der Waals surface area (Å²) in [6, 6.07) is 7.44. The monoisotopic (exact) mass is 275 g/mol. The maximum absolute atomic E-state index is 13.4. The number of piperidine rings is 1. The van der Waals surface area contributed by atoms with Gasteiger partial charge in [0.25, 0.3) is 0 Å². The van der Waals surface area contributed by atoms with E-state index in [1.54, 1.807) is 19.1 Å². The molecule has 20 heavy (non-hydrogen) atoms. The van der Waals surface area contributed by atoms with Crippen molar-refractivity contribution < 1.29 is 4.39 Å². The third-order valence-electron chi connectivity index (χ3n) is 4.29. The van der Waals surface area contributed by atoms with E-state index in [9.17, 15) is 9.65 Å². The molecular weight excluding hydrogens is 253 g/mol. The number of rotatable bonds is 3. The molecular formula is C16H22FN3. The molecule has 1 saturated heterocycles. The molecule has 1 aliphatic rings. The zero-order valence-corrected chi connectivity index (χ0v) is 12.4. The van der Waals surface area contributed by atoms with Crippen molar-refractivity contribution in [1.82, 2.24) is 9.80 Å². The second-order valence-electron chi connectivity index (χ2n) is 5.74. The zero-order valence-electron chi connectivity index (χ0n) is 12.4. The summed E-state index contributed by atoms with van der Waals surface area (Å²) in [6.45, 7) is 3.87. The number of likely N-dealkylation sites (tertiary alicyclic amines) is 1. The van der Waals surface area contributed by atoms with Gasteiger partial charge in [-0.3, -0.25) is 4.90 Å². The van der Waals surface area contributed by atoms with Crippen LogP contribution in [0, 0.1) is 24.1 Å². The Morgan fingerprint density at radius 1 is 1.40 bits per heavy atom. The van der Waals surface area contributed by atoms with Crippen molar-refractivity contribution in [1.29, 1.82) is 5.26 Å². The number of halogens is 1. The first kappa shape index (κ1) is 15.0. The topological polar surface area (TPSA) is 30.3 Å². The first-order valence-electron chi connectivity index (χ1n) is 7.09. The van der Waals surface area contributed by atoms with Gasteiger partial charge in [0.05, 0.1) is 6.07 Å². The highest BCUT2D eigenvalue weighted by atomic mass is 19.1. The number of nitriles is 1. The van der Waals surface area contributed by atoms with Crippen molar-refractivity contribution in [2.45, 2.75) is 31.8 Å². The van der Waals surface area contributed by atoms with E-state index in [-0.39, 0.29) is 11.9 Å². The Morgan fingerprint density at radius 3 is 2.60 bits per heavy atom. The highest BCUT2D eigenvalue weighted by molar-refractivity contribution is 5.29. The van der Waals surface area contributed by atoms with E-state index >= 15 is 0 Å². The lowest BCUT2D eigenvalue weighted by atomic mass is 9.98. The minimum atomic E-state index is -0.303. The normalized spacial score (nSPS) is 19.0. The van der Waals surface area contributed by atoms with Crippen molar-refractivity contribution in [3.63, 3.8) is 0 Å². The quantitative estimate of drug-likeness (QED) is 0.849. The molecule has 0 aromatic heterocycles. The number of nitrogens with zero attached hydrogens (tertiary/aromatic N) is 3.